The van der Waals surface area contributed by atoms with Crippen molar-refractivity contribution in [1.82, 2.24) is 0 Å². The minimum Gasteiger partial charge on any atom is -0.0878 e. The lowest BCUT2D eigenvalue weighted by Gasteiger charge is -2.05. The van der Waals surface area contributed by atoms with Crippen molar-refractivity contribution in [3.63, 3.8) is 0 Å². The van der Waals surface area contributed by atoms with Gasteiger partial charge >= 0.3 is 0 Å². The van der Waals surface area contributed by atoms with Gasteiger partial charge in [-0.15, -0.1) is 0 Å². The van der Waals surface area contributed by atoms with Crippen LogP contribution in [0.2, 0.25) is 0 Å². The van der Waals surface area contributed by atoms with Crippen LogP contribution in [0.1, 0.15) is 19.8 Å². The number of hydrogen-bond donors (Lipinski definition) is 0. The van der Waals surface area contributed by atoms with Crippen LogP contribution in [0, 0.1) is 11.8 Å². The predicted molar refractivity (Wildman–Crippen MR) is 39.1 cm³/mol. The molecule has 9 heavy (non-hydrogen) atoms. The average molecular weight is 120 g/mol. The zero-order valence-electron chi connectivity index (χ0n) is 5.80. The molecule has 0 radical (unpaired) electrons. The fourth-order valence-electron chi connectivity index (χ4n) is 1.99. The standard InChI is InChI=1S/C9H12/c1-2-8-5-7-3-4-9(8)6-7/h2-4,7,9H,5-6H2,1H3/t7-,9+/m1/s1. The average Bonchev–Trinajstić information content (AvgIpc) is 2.45. The molecule has 0 nitrogen and oxygen atoms in total. The van der Waals surface area contributed by atoms with Crippen LogP contribution in [0.4, 0.5) is 0 Å². The van der Waals surface area contributed by atoms with Crippen LogP contribution < -0.4 is 0 Å². The first-order valence-electron chi connectivity index (χ1n) is 3.73. The Labute approximate surface area is 56.3 Å². The third kappa shape index (κ3) is 0.658. The normalized spacial score (nSPS) is 43.0. The molecule has 2 aliphatic carbocycles. The first-order chi connectivity index (χ1) is 4.40. The van der Waals surface area contributed by atoms with Crippen LogP contribution in [0.25, 0.3) is 0 Å². The van der Waals surface area contributed by atoms with Crippen LogP contribution >= 0.6 is 0 Å². The molecule has 0 saturated heterocycles. The molecule has 0 aromatic heterocycles. The monoisotopic (exact) mass is 120 g/mol. The van der Waals surface area contributed by atoms with Gasteiger partial charge in [-0.1, -0.05) is 23.8 Å². The van der Waals surface area contributed by atoms with Crippen molar-refractivity contribution in [3.8, 4) is 0 Å². The summed E-state index contributed by atoms with van der Waals surface area (Å²) in [6.07, 6.45) is 9.77. The molecule has 0 N–H and O–H groups in total. The van der Waals surface area contributed by atoms with Crippen LogP contribution in [-0.4, -0.2) is 0 Å². The van der Waals surface area contributed by atoms with Crippen LogP contribution in [-0.2, 0) is 0 Å². The van der Waals surface area contributed by atoms with E-state index in [4.69, 9.17) is 0 Å². The minimum absolute atomic E-state index is 0.833. The lowest BCUT2D eigenvalue weighted by molar-refractivity contribution is 0.693. The van der Waals surface area contributed by atoms with E-state index in [1.807, 2.05) is 0 Å². The highest BCUT2D eigenvalue weighted by atomic mass is 14.3. The topological polar surface area (TPSA) is 0 Å². The number of hydrogen-bond acceptors (Lipinski definition) is 0. The summed E-state index contributed by atoms with van der Waals surface area (Å²) in [5, 5.41) is 0. The van der Waals surface area contributed by atoms with Gasteiger partial charge in [0.2, 0.25) is 0 Å². The van der Waals surface area contributed by atoms with E-state index in [1.54, 1.807) is 5.57 Å². The Morgan fingerprint density at radius 1 is 1.56 bits per heavy atom. The Balaban J connectivity index is 2.29. The molecule has 0 aromatic rings. The number of allylic oxidation sites excluding steroid dienone is 4. The van der Waals surface area contributed by atoms with Crippen molar-refractivity contribution >= 4 is 0 Å². The summed E-state index contributed by atoms with van der Waals surface area (Å²) in [4.78, 5) is 0. The number of fused-ring (bicyclic) bond motifs is 2. The molecule has 0 heteroatoms. The molecule has 2 aliphatic rings. The summed E-state index contributed by atoms with van der Waals surface area (Å²) in [5.41, 5.74) is 1.67. The van der Waals surface area contributed by atoms with E-state index in [0.717, 1.165) is 11.8 Å². The first kappa shape index (κ1) is 5.28. The molecule has 2 rings (SSSR count). The van der Waals surface area contributed by atoms with E-state index in [-0.39, 0.29) is 0 Å². The van der Waals surface area contributed by atoms with E-state index >= 15 is 0 Å². The van der Waals surface area contributed by atoms with E-state index < -0.39 is 0 Å². The van der Waals surface area contributed by atoms with E-state index in [0.29, 0.717) is 0 Å². The molecule has 0 heterocycles. The van der Waals surface area contributed by atoms with Crippen molar-refractivity contribution in [2.24, 2.45) is 11.8 Å². The number of rotatable bonds is 0. The largest absolute Gasteiger partial charge is 0.0878 e. The Kier molecular flexibility index (Phi) is 1.01. The molecule has 0 spiro atoms. The first-order valence-corrected chi connectivity index (χ1v) is 3.73. The highest BCUT2D eigenvalue weighted by Crippen LogP contribution is 2.42. The Hall–Kier alpha value is -0.520. The van der Waals surface area contributed by atoms with Crippen LogP contribution in [0.5, 0.6) is 0 Å². The summed E-state index contributed by atoms with van der Waals surface area (Å²) >= 11 is 0. The third-order valence-corrected chi connectivity index (χ3v) is 2.52. The smallest absolute Gasteiger partial charge is 0.00174 e. The predicted octanol–water partition coefficient (Wildman–Crippen LogP) is 2.53. The van der Waals surface area contributed by atoms with Crippen molar-refractivity contribution in [2.75, 3.05) is 0 Å². The van der Waals surface area contributed by atoms with Gasteiger partial charge in [-0.3, -0.25) is 0 Å². The van der Waals surface area contributed by atoms with Gasteiger partial charge in [0.15, 0.2) is 0 Å². The van der Waals surface area contributed by atoms with E-state index in [1.165, 1.54) is 12.8 Å². The molecule has 0 unspecified atom stereocenters. The molecule has 1 saturated carbocycles. The Morgan fingerprint density at radius 3 is 2.78 bits per heavy atom. The second-order valence-electron chi connectivity index (χ2n) is 3.05. The maximum absolute atomic E-state index is 2.37. The van der Waals surface area contributed by atoms with Gasteiger partial charge in [-0.05, 0) is 31.6 Å². The van der Waals surface area contributed by atoms with Crippen molar-refractivity contribution in [2.45, 2.75) is 19.8 Å². The van der Waals surface area contributed by atoms with Crippen LogP contribution in [0.15, 0.2) is 23.8 Å². The molecule has 0 aliphatic heterocycles. The molecule has 48 valence electrons. The van der Waals surface area contributed by atoms with Crippen molar-refractivity contribution in [1.29, 1.82) is 0 Å². The summed E-state index contributed by atoms with van der Waals surface area (Å²) in [6.45, 7) is 2.16. The van der Waals surface area contributed by atoms with Gasteiger partial charge in [-0.2, -0.15) is 0 Å². The molecule has 1 fully saturated rings. The van der Waals surface area contributed by atoms with Crippen molar-refractivity contribution < 1.29 is 0 Å². The zero-order chi connectivity index (χ0) is 6.27. The highest BCUT2D eigenvalue weighted by Gasteiger charge is 2.29. The molecule has 2 atom stereocenters. The zero-order valence-corrected chi connectivity index (χ0v) is 5.80. The van der Waals surface area contributed by atoms with E-state index in [9.17, 15) is 0 Å². The summed E-state index contributed by atoms with van der Waals surface area (Å²) in [5.74, 6) is 1.74. The minimum atomic E-state index is 0.833. The van der Waals surface area contributed by atoms with Gasteiger partial charge in [0, 0.05) is 0 Å². The Bertz CT molecular complexity index is 174. The van der Waals surface area contributed by atoms with Crippen LogP contribution in [0.3, 0.4) is 0 Å². The molecule has 0 aromatic carbocycles. The summed E-state index contributed by atoms with van der Waals surface area (Å²) < 4.78 is 0. The molecule has 0 amide bonds. The fraction of sp³-hybridized carbons (Fsp3) is 0.556. The Morgan fingerprint density at radius 2 is 2.44 bits per heavy atom. The van der Waals surface area contributed by atoms with Gasteiger partial charge in [0.25, 0.3) is 0 Å². The van der Waals surface area contributed by atoms with Gasteiger partial charge < -0.3 is 0 Å². The summed E-state index contributed by atoms with van der Waals surface area (Å²) in [7, 11) is 0. The van der Waals surface area contributed by atoms with E-state index in [2.05, 4.69) is 25.2 Å². The second-order valence-corrected chi connectivity index (χ2v) is 3.05. The quantitative estimate of drug-likeness (QED) is 0.431. The van der Waals surface area contributed by atoms with Gasteiger partial charge in [-0.25, -0.2) is 0 Å². The SMILES string of the molecule is CC=C1C[C@H]2C=C[C@H]1C2. The maximum Gasteiger partial charge on any atom is -0.00174 e. The van der Waals surface area contributed by atoms with Crippen molar-refractivity contribution in [3.05, 3.63) is 23.8 Å². The molecular weight excluding hydrogens is 108 g/mol. The lowest BCUT2D eigenvalue weighted by atomic mass is 10.0. The van der Waals surface area contributed by atoms with Gasteiger partial charge in [0.1, 0.15) is 0 Å². The summed E-state index contributed by atoms with van der Waals surface area (Å²) in [6, 6.07) is 0. The second kappa shape index (κ2) is 1.73. The third-order valence-electron chi connectivity index (χ3n) is 2.52. The maximum atomic E-state index is 2.37. The van der Waals surface area contributed by atoms with Gasteiger partial charge in [0.05, 0.1) is 0 Å². The highest BCUT2D eigenvalue weighted by molar-refractivity contribution is 5.26. The fourth-order valence-corrected chi connectivity index (χ4v) is 1.99. The lowest BCUT2D eigenvalue weighted by Crippen LogP contribution is -1.90. The molecular formula is C9H12. The molecule has 2 bridgehead atoms.